The van der Waals surface area contributed by atoms with Gasteiger partial charge in [-0.3, -0.25) is 4.79 Å². The summed E-state index contributed by atoms with van der Waals surface area (Å²) in [6.07, 6.45) is 1.22. The second kappa shape index (κ2) is 6.12. The van der Waals surface area contributed by atoms with Gasteiger partial charge in [0.05, 0.1) is 0 Å². The quantitative estimate of drug-likeness (QED) is 0.938. The average molecular weight is 288 g/mol. The molecule has 1 N–H and O–H groups in total. The highest BCUT2D eigenvalue weighted by Crippen LogP contribution is 2.25. The maximum Gasteiger partial charge on any atom is 0.271 e. The van der Waals surface area contributed by atoms with E-state index < -0.39 is 0 Å². The average Bonchev–Trinajstić information content (AvgIpc) is 2.40. The molecule has 0 spiro atoms. The summed E-state index contributed by atoms with van der Waals surface area (Å²) >= 11 is 0. The fourth-order valence-corrected chi connectivity index (χ4v) is 2.79. The molecule has 0 fully saturated rings. The smallest absolute Gasteiger partial charge is 0.271 e. The van der Waals surface area contributed by atoms with Crippen LogP contribution >= 0.6 is 0 Å². The normalized spacial score (nSPS) is 10.7. The number of aryl methyl sites for hydroxylation is 1. The van der Waals surface area contributed by atoms with Gasteiger partial charge >= 0.3 is 0 Å². The summed E-state index contributed by atoms with van der Waals surface area (Å²) in [5.41, 5.74) is 3.96. The van der Waals surface area contributed by atoms with Gasteiger partial charge in [0.25, 0.3) is 5.56 Å². The second-order valence-corrected chi connectivity index (χ2v) is 5.40. The predicted molar refractivity (Wildman–Crippen MR) is 84.7 cm³/mol. The van der Waals surface area contributed by atoms with Crippen molar-refractivity contribution in [2.75, 3.05) is 19.0 Å². The van der Waals surface area contributed by atoms with E-state index in [-0.39, 0.29) is 11.4 Å². The molecule has 1 heterocycles. The zero-order valence-corrected chi connectivity index (χ0v) is 13.0. The van der Waals surface area contributed by atoms with Crippen molar-refractivity contribution in [3.8, 4) is 0 Å². The van der Waals surface area contributed by atoms with Crippen LogP contribution in [-0.4, -0.2) is 19.1 Å². The van der Waals surface area contributed by atoms with Crippen molar-refractivity contribution in [1.29, 1.82) is 0 Å². The zero-order valence-electron chi connectivity index (χ0n) is 13.0. The number of halogens is 1. The number of anilines is 1. The van der Waals surface area contributed by atoms with E-state index in [1.165, 1.54) is 6.07 Å². The van der Waals surface area contributed by atoms with Crippen LogP contribution in [0, 0.1) is 12.7 Å². The van der Waals surface area contributed by atoms with Gasteiger partial charge in [-0.2, -0.15) is 0 Å². The lowest BCUT2D eigenvalue weighted by Crippen LogP contribution is -2.25. The molecule has 0 atom stereocenters. The van der Waals surface area contributed by atoms with Crippen LogP contribution in [0.15, 0.2) is 29.1 Å². The van der Waals surface area contributed by atoms with Gasteiger partial charge < -0.3 is 9.88 Å². The summed E-state index contributed by atoms with van der Waals surface area (Å²) in [7, 11) is 3.67. The molecule has 0 aliphatic rings. The number of rotatable bonds is 4. The first-order valence-electron chi connectivity index (χ1n) is 7.11. The molecule has 0 amide bonds. The van der Waals surface area contributed by atoms with Crippen molar-refractivity contribution < 1.29 is 4.39 Å². The molecule has 1 aromatic heterocycles. The summed E-state index contributed by atoms with van der Waals surface area (Å²) in [6, 6.07) is 6.72. The molecule has 0 saturated carbocycles. The molecule has 0 unspecified atom stereocenters. The highest BCUT2D eigenvalue weighted by molar-refractivity contribution is 5.57. The van der Waals surface area contributed by atoms with Crippen molar-refractivity contribution in [1.82, 2.24) is 4.98 Å². The molecule has 0 saturated heterocycles. The number of pyridine rings is 1. The largest absolute Gasteiger partial charge is 0.373 e. The van der Waals surface area contributed by atoms with Crippen LogP contribution in [0.4, 0.5) is 10.1 Å². The first kappa shape index (κ1) is 15.3. The molecule has 112 valence electrons. The summed E-state index contributed by atoms with van der Waals surface area (Å²) in [6.45, 7) is 3.94. The lowest BCUT2D eigenvalue weighted by molar-refractivity contribution is 0.613. The minimum atomic E-state index is -0.234. The number of nitrogens with zero attached hydrogens (tertiary/aromatic N) is 1. The van der Waals surface area contributed by atoms with E-state index in [2.05, 4.69) is 4.98 Å². The molecule has 2 aromatic rings. The molecular formula is C17H21FN2O. The summed E-state index contributed by atoms with van der Waals surface area (Å²) < 4.78 is 13.9. The SMILES string of the molecule is CCc1c(C)[nH]c(=O)c(N(C)C)c1Cc1ccccc1F. The molecule has 0 aliphatic carbocycles. The zero-order chi connectivity index (χ0) is 15.6. The highest BCUT2D eigenvalue weighted by atomic mass is 19.1. The monoisotopic (exact) mass is 288 g/mol. The lowest BCUT2D eigenvalue weighted by Gasteiger charge is -2.21. The Morgan fingerprint density at radius 3 is 2.43 bits per heavy atom. The summed E-state index contributed by atoms with van der Waals surface area (Å²) in [4.78, 5) is 16.9. The Balaban J connectivity index is 2.65. The second-order valence-electron chi connectivity index (χ2n) is 5.40. The van der Waals surface area contributed by atoms with Crippen LogP contribution in [0.1, 0.15) is 29.3 Å². The van der Waals surface area contributed by atoms with Crippen LogP contribution in [-0.2, 0) is 12.8 Å². The van der Waals surface area contributed by atoms with Crippen LogP contribution in [0.3, 0.4) is 0 Å². The number of nitrogens with one attached hydrogen (secondary N) is 1. The van der Waals surface area contributed by atoms with E-state index in [0.29, 0.717) is 17.7 Å². The third-order valence-electron chi connectivity index (χ3n) is 3.74. The third kappa shape index (κ3) is 2.99. The van der Waals surface area contributed by atoms with E-state index in [1.54, 1.807) is 17.0 Å². The van der Waals surface area contributed by atoms with E-state index in [1.807, 2.05) is 34.0 Å². The molecule has 3 nitrogen and oxygen atoms in total. The summed E-state index contributed by atoms with van der Waals surface area (Å²) in [5.74, 6) is -0.234. The number of H-pyrrole nitrogens is 1. The third-order valence-corrected chi connectivity index (χ3v) is 3.74. The van der Waals surface area contributed by atoms with Crippen molar-refractivity contribution in [3.63, 3.8) is 0 Å². The highest BCUT2D eigenvalue weighted by Gasteiger charge is 2.17. The van der Waals surface area contributed by atoms with Gasteiger partial charge in [0.15, 0.2) is 0 Å². The van der Waals surface area contributed by atoms with Gasteiger partial charge in [0.1, 0.15) is 11.5 Å². The number of aromatic nitrogens is 1. The van der Waals surface area contributed by atoms with E-state index >= 15 is 0 Å². The van der Waals surface area contributed by atoms with Crippen LogP contribution in [0.5, 0.6) is 0 Å². The Morgan fingerprint density at radius 2 is 1.86 bits per heavy atom. The van der Waals surface area contributed by atoms with Crippen molar-refractivity contribution in [2.45, 2.75) is 26.7 Å². The Labute approximate surface area is 124 Å². The van der Waals surface area contributed by atoms with Gasteiger partial charge in [-0.15, -0.1) is 0 Å². The van der Waals surface area contributed by atoms with Crippen molar-refractivity contribution in [2.24, 2.45) is 0 Å². The van der Waals surface area contributed by atoms with Gasteiger partial charge in [0, 0.05) is 26.2 Å². The van der Waals surface area contributed by atoms with Gasteiger partial charge in [-0.25, -0.2) is 4.39 Å². The van der Waals surface area contributed by atoms with Crippen LogP contribution in [0.2, 0.25) is 0 Å². The molecule has 1 aromatic carbocycles. The Morgan fingerprint density at radius 1 is 1.19 bits per heavy atom. The molecule has 4 heteroatoms. The molecule has 0 aliphatic heterocycles. The van der Waals surface area contributed by atoms with Gasteiger partial charge in [0.2, 0.25) is 0 Å². The minimum Gasteiger partial charge on any atom is -0.373 e. The molecule has 2 rings (SSSR count). The Bertz CT molecular complexity index is 704. The first-order valence-corrected chi connectivity index (χ1v) is 7.11. The topological polar surface area (TPSA) is 36.1 Å². The molecule has 0 bridgehead atoms. The fourth-order valence-electron chi connectivity index (χ4n) is 2.79. The van der Waals surface area contributed by atoms with E-state index in [0.717, 1.165) is 23.2 Å². The van der Waals surface area contributed by atoms with E-state index in [9.17, 15) is 9.18 Å². The first-order chi connectivity index (χ1) is 9.95. The van der Waals surface area contributed by atoms with Gasteiger partial charge in [-0.1, -0.05) is 25.1 Å². The number of hydrogen-bond donors (Lipinski definition) is 1. The maximum atomic E-state index is 13.9. The summed E-state index contributed by atoms with van der Waals surface area (Å²) in [5, 5.41) is 0. The van der Waals surface area contributed by atoms with Crippen LogP contribution < -0.4 is 10.5 Å². The molecule has 21 heavy (non-hydrogen) atoms. The molecule has 0 radical (unpaired) electrons. The van der Waals surface area contributed by atoms with Crippen molar-refractivity contribution >= 4 is 5.69 Å². The standard InChI is InChI=1S/C17H21FN2O/c1-5-13-11(2)19-17(21)16(20(3)4)14(13)10-12-8-6-7-9-15(12)18/h6-9H,5,10H2,1-4H3,(H,19,21). The minimum absolute atomic E-state index is 0.124. The predicted octanol–water partition coefficient (Wildman–Crippen LogP) is 3.04. The van der Waals surface area contributed by atoms with E-state index in [4.69, 9.17) is 0 Å². The van der Waals surface area contributed by atoms with Gasteiger partial charge in [-0.05, 0) is 36.1 Å². The fraction of sp³-hybridized carbons (Fsp3) is 0.353. The van der Waals surface area contributed by atoms with Crippen LogP contribution in [0.25, 0.3) is 0 Å². The molecular weight excluding hydrogens is 267 g/mol. The number of hydrogen-bond acceptors (Lipinski definition) is 2. The number of benzene rings is 1. The lowest BCUT2D eigenvalue weighted by atomic mass is 9.95. The maximum absolute atomic E-state index is 13.9. The Kier molecular flexibility index (Phi) is 4.46. The van der Waals surface area contributed by atoms with Crippen molar-refractivity contribution in [3.05, 3.63) is 62.8 Å². The Hall–Kier alpha value is -2.10. The number of aromatic amines is 1.